The van der Waals surface area contributed by atoms with E-state index in [4.69, 9.17) is 4.74 Å². The Morgan fingerprint density at radius 3 is 2.86 bits per heavy atom. The molecule has 2 aromatic heterocycles. The number of thiazole rings is 1. The molecule has 0 saturated heterocycles. The van der Waals surface area contributed by atoms with Crippen LogP contribution in [0.25, 0.3) is 11.4 Å². The van der Waals surface area contributed by atoms with E-state index in [2.05, 4.69) is 27.1 Å². The number of hydrogen-bond donors (Lipinski definition) is 1. The van der Waals surface area contributed by atoms with Crippen molar-refractivity contribution in [2.45, 2.75) is 37.7 Å². The van der Waals surface area contributed by atoms with Crippen molar-refractivity contribution in [1.82, 2.24) is 19.7 Å². The van der Waals surface area contributed by atoms with E-state index in [0.29, 0.717) is 22.7 Å². The molecule has 1 N–H and O–H groups in total. The standard InChI is InChI=1S/C20H23N5O2S2/c1-6-10-25-17(15-8-7-9-16(11-15)27-5)23-24-20(25)29-14(4)18(26)22-19-21-12(2)13(3)28-19/h6-9,11,14H,1,10H2,2-5H3,(H,21,22,26)/t14-/m0/s1. The van der Waals surface area contributed by atoms with Crippen LogP contribution in [0.4, 0.5) is 5.13 Å². The van der Waals surface area contributed by atoms with Gasteiger partial charge in [0.1, 0.15) is 5.75 Å². The van der Waals surface area contributed by atoms with Gasteiger partial charge in [0.05, 0.1) is 18.1 Å². The van der Waals surface area contributed by atoms with Gasteiger partial charge in [0, 0.05) is 17.0 Å². The summed E-state index contributed by atoms with van der Waals surface area (Å²) in [6, 6.07) is 7.63. The summed E-state index contributed by atoms with van der Waals surface area (Å²) in [6.45, 7) is 10.1. The average molecular weight is 430 g/mol. The molecule has 152 valence electrons. The van der Waals surface area contributed by atoms with E-state index in [-0.39, 0.29) is 11.2 Å². The van der Waals surface area contributed by atoms with E-state index < -0.39 is 0 Å². The number of methoxy groups -OCH3 is 1. The second-order valence-electron chi connectivity index (χ2n) is 6.35. The molecule has 0 aliphatic rings. The molecule has 0 radical (unpaired) electrons. The van der Waals surface area contributed by atoms with Crippen LogP contribution in [0.2, 0.25) is 0 Å². The highest BCUT2D eigenvalue weighted by atomic mass is 32.2. The molecule has 1 aromatic carbocycles. The lowest BCUT2D eigenvalue weighted by atomic mass is 10.2. The van der Waals surface area contributed by atoms with Crippen LogP contribution in [-0.4, -0.2) is 38.0 Å². The number of anilines is 1. The number of nitrogens with one attached hydrogen (secondary N) is 1. The molecule has 1 amide bonds. The number of allylic oxidation sites excluding steroid dienone is 1. The lowest BCUT2D eigenvalue weighted by Crippen LogP contribution is -2.22. The summed E-state index contributed by atoms with van der Waals surface area (Å²) >= 11 is 2.82. The number of carbonyl (C=O) groups is 1. The van der Waals surface area contributed by atoms with Crippen molar-refractivity contribution in [3.8, 4) is 17.1 Å². The molecule has 3 aromatic rings. The zero-order valence-corrected chi connectivity index (χ0v) is 18.4. The molecule has 2 heterocycles. The molecule has 9 heteroatoms. The zero-order valence-electron chi connectivity index (χ0n) is 16.8. The minimum atomic E-state index is -0.370. The summed E-state index contributed by atoms with van der Waals surface area (Å²) < 4.78 is 7.24. The zero-order chi connectivity index (χ0) is 21.0. The maximum atomic E-state index is 12.6. The van der Waals surface area contributed by atoms with Crippen LogP contribution < -0.4 is 10.1 Å². The van der Waals surface area contributed by atoms with Gasteiger partial charge in [0.2, 0.25) is 5.91 Å². The highest BCUT2D eigenvalue weighted by Gasteiger charge is 2.21. The van der Waals surface area contributed by atoms with E-state index in [9.17, 15) is 4.79 Å². The molecule has 0 unspecified atom stereocenters. The molecular formula is C20H23N5O2S2. The Kier molecular flexibility index (Phi) is 6.71. The minimum Gasteiger partial charge on any atom is -0.497 e. The number of nitrogens with zero attached hydrogens (tertiary/aromatic N) is 4. The highest BCUT2D eigenvalue weighted by Crippen LogP contribution is 2.29. The van der Waals surface area contributed by atoms with Gasteiger partial charge in [-0.2, -0.15) is 0 Å². The molecule has 0 spiro atoms. The van der Waals surface area contributed by atoms with Crippen molar-refractivity contribution in [3.05, 3.63) is 47.5 Å². The number of ether oxygens (including phenoxy) is 1. The molecule has 3 rings (SSSR count). The molecule has 0 bridgehead atoms. The summed E-state index contributed by atoms with van der Waals surface area (Å²) in [7, 11) is 1.63. The highest BCUT2D eigenvalue weighted by molar-refractivity contribution is 8.00. The summed E-state index contributed by atoms with van der Waals surface area (Å²) in [4.78, 5) is 18.1. The first-order valence-electron chi connectivity index (χ1n) is 9.03. The third-order valence-electron chi connectivity index (χ3n) is 4.27. The topological polar surface area (TPSA) is 81.9 Å². The van der Waals surface area contributed by atoms with Crippen LogP contribution in [0, 0.1) is 13.8 Å². The number of aryl methyl sites for hydroxylation is 2. The van der Waals surface area contributed by atoms with E-state index in [1.165, 1.54) is 23.1 Å². The van der Waals surface area contributed by atoms with Gasteiger partial charge in [-0.15, -0.1) is 28.1 Å². The molecule has 7 nitrogen and oxygen atoms in total. The minimum absolute atomic E-state index is 0.125. The Bertz CT molecular complexity index is 1010. The van der Waals surface area contributed by atoms with Gasteiger partial charge < -0.3 is 10.1 Å². The lowest BCUT2D eigenvalue weighted by molar-refractivity contribution is -0.115. The van der Waals surface area contributed by atoms with Gasteiger partial charge in [-0.1, -0.05) is 30.0 Å². The predicted octanol–water partition coefficient (Wildman–Crippen LogP) is 4.33. The fourth-order valence-corrected chi connectivity index (χ4v) is 4.27. The van der Waals surface area contributed by atoms with Crippen LogP contribution >= 0.6 is 23.1 Å². The second kappa shape index (κ2) is 9.23. The number of thioether (sulfide) groups is 1. The molecule has 1 atom stereocenters. The average Bonchev–Trinajstić information content (AvgIpc) is 3.24. The van der Waals surface area contributed by atoms with Crippen molar-refractivity contribution < 1.29 is 9.53 Å². The van der Waals surface area contributed by atoms with Crippen molar-refractivity contribution in [2.24, 2.45) is 0 Å². The first kappa shape index (κ1) is 21.1. The number of amides is 1. The van der Waals surface area contributed by atoms with Crippen LogP contribution in [0.15, 0.2) is 42.1 Å². The molecule has 0 aliphatic carbocycles. The first-order valence-corrected chi connectivity index (χ1v) is 10.7. The number of hydrogen-bond acceptors (Lipinski definition) is 7. The number of aromatic nitrogens is 4. The quantitative estimate of drug-likeness (QED) is 0.424. The Hall–Kier alpha value is -2.65. The van der Waals surface area contributed by atoms with Gasteiger partial charge in [-0.3, -0.25) is 9.36 Å². The fraction of sp³-hybridized carbons (Fsp3) is 0.300. The van der Waals surface area contributed by atoms with Gasteiger partial charge in [0.15, 0.2) is 16.1 Å². The van der Waals surface area contributed by atoms with Crippen molar-refractivity contribution >= 4 is 34.1 Å². The molecule has 0 saturated carbocycles. The van der Waals surface area contributed by atoms with Crippen LogP contribution in [0.1, 0.15) is 17.5 Å². The second-order valence-corrected chi connectivity index (χ2v) is 8.86. The third kappa shape index (κ3) is 4.86. The van der Waals surface area contributed by atoms with E-state index in [1.807, 2.05) is 49.6 Å². The molecule has 29 heavy (non-hydrogen) atoms. The maximum absolute atomic E-state index is 12.6. The summed E-state index contributed by atoms with van der Waals surface area (Å²) in [6.07, 6.45) is 1.78. The van der Waals surface area contributed by atoms with Gasteiger partial charge >= 0.3 is 0 Å². The number of carbonyl (C=O) groups excluding carboxylic acids is 1. The Labute approximate surface area is 178 Å². The van der Waals surface area contributed by atoms with Crippen LogP contribution in [-0.2, 0) is 11.3 Å². The maximum Gasteiger partial charge on any atom is 0.239 e. The fourth-order valence-electron chi connectivity index (χ4n) is 2.59. The smallest absolute Gasteiger partial charge is 0.239 e. The SMILES string of the molecule is C=CCn1c(S[C@@H](C)C(=O)Nc2nc(C)c(C)s2)nnc1-c1cccc(OC)c1. The Morgan fingerprint density at radius 2 is 2.21 bits per heavy atom. The van der Waals surface area contributed by atoms with Crippen LogP contribution in [0.3, 0.4) is 0 Å². The first-order chi connectivity index (χ1) is 13.9. The Balaban J connectivity index is 1.80. The van der Waals surface area contributed by atoms with Crippen LogP contribution in [0.5, 0.6) is 5.75 Å². The van der Waals surface area contributed by atoms with Gasteiger partial charge in [-0.05, 0) is 32.9 Å². The monoisotopic (exact) mass is 429 g/mol. The molecular weight excluding hydrogens is 406 g/mol. The molecule has 0 aliphatic heterocycles. The van der Waals surface area contributed by atoms with E-state index >= 15 is 0 Å². The summed E-state index contributed by atoms with van der Waals surface area (Å²) in [5.74, 6) is 1.32. The normalized spacial score (nSPS) is 11.9. The van der Waals surface area contributed by atoms with Crippen molar-refractivity contribution in [2.75, 3.05) is 12.4 Å². The van der Waals surface area contributed by atoms with Crippen molar-refractivity contribution in [1.29, 1.82) is 0 Å². The third-order valence-corrected chi connectivity index (χ3v) is 6.34. The Morgan fingerprint density at radius 1 is 1.41 bits per heavy atom. The number of rotatable bonds is 8. The van der Waals surface area contributed by atoms with E-state index in [1.54, 1.807) is 13.2 Å². The largest absolute Gasteiger partial charge is 0.497 e. The summed E-state index contributed by atoms with van der Waals surface area (Å²) in [5, 5.41) is 12.4. The van der Waals surface area contributed by atoms with E-state index in [0.717, 1.165) is 21.9 Å². The summed E-state index contributed by atoms with van der Waals surface area (Å²) in [5.41, 5.74) is 1.82. The van der Waals surface area contributed by atoms with Crippen molar-refractivity contribution in [3.63, 3.8) is 0 Å². The van der Waals surface area contributed by atoms with Gasteiger partial charge in [-0.25, -0.2) is 4.98 Å². The molecule has 0 fully saturated rings. The van der Waals surface area contributed by atoms with Gasteiger partial charge in [0.25, 0.3) is 0 Å². The predicted molar refractivity (Wildman–Crippen MR) is 118 cm³/mol. The lowest BCUT2D eigenvalue weighted by Gasteiger charge is -2.12. The number of benzene rings is 1.